The van der Waals surface area contributed by atoms with Crippen molar-refractivity contribution in [1.82, 2.24) is 0 Å². The number of ether oxygens (including phenoxy) is 4. The highest BCUT2D eigenvalue weighted by atomic mass is 31.2. The summed E-state index contributed by atoms with van der Waals surface area (Å²) in [7, 11) is -9.90. The number of aliphatic hydroxyl groups excluding tert-OH is 1. The van der Waals surface area contributed by atoms with E-state index >= 15 is 0 Å². The minimum Gasteiger partial charge on any atom is -0.462 e. The molecule has 0 fully saturated rings. The Morgan fingerprint density at radius 3 is 0.739 bits per heavy atom. The highest BCUT2D eigenvalue weighted by molar-refractivity contribution is 7.47. The Balaban J connectivity index is 5.23. The van der Waals surface area contributed by atoms with Crippen LogP contribution in [0, 0.1) is 11.8 Å². The molecule has 0 aromatic heterocycles. The van der Waals surface area contributed by atoms with Gasteiger partial charge < -0.3 is 33.8 Å². The van der Waals surface area contributed by atoms with Gasteiger partial charge in [0.2, 0.25) is 0 Å². The molecule has 0 rings (SSSR count). The molecule has 0 aromatic carbocycles. The predicted octanol–water partition coefficient (Wildman–Crippen LogP) is 21.2. The number of phosphoric ester groups is 2. The molecule has 0 saturated heterocycles. The fourth-order valence-corrected chi connectivity index (χ4v) is 12.7. The first-order valence-corrected chi connectivity index (χ1v) is 41.0. The summed E-state index contributed by atoms with van der Waals surface area (Å²) in [5.74, 6) is -0.725. The van der Waals surface area contributed by atoms with E-state index in [0.29, 0.717) is 31.6 Å². The summed E-state index contributed by atoms with van der Waals surface area (Å²) in [5.41, 5.74) is 0. The Labute approximate surface area is 562 Å². The van der Waals surface area contributed by atoms with Crippen LogP contribution in [0.15, 0.2) is 0 Å². The molecule has 0 radical (unpaired) electrons. The van der Waals surface area contributed by atoms with E-state index < -0.39 is 97.5 Å². The van der Waals surface area contributed by atoms with Crippen molar-refractivity contribution in [2.75, 3.05) is 39.6 Å². The van der Waals surface area contributed by atoms with Gasteiger partial charge in [0, 0.05) is 25.7 Å². The molecule has 92 heavy (non-hydrogen) atoms. The molecule has 0 heterocycles. The van der Waals surface area contributed by atoms with Gasteiger partial charge in [-0.15, -0.1) is 0 Å². The molecule has 0 aliphatic rings. The van der Waals surface area contributed by atoms with Gasteiger partial charge in [-0.1, -0.05) is 324 Å². The van der Waals surface area contributed by atoms with Crippen molar-refractivity contribution >= 4 is 39.5 Å². The molecule has 0 aliphatic carbocycles. The maximum Gasteiger partial charge on any atom is 0.472 e. The smallest absolute Gasteiger partial charge is 0.462 e. The maximum absolute atomic E-state index is 13.1. The van der Waals surface area contributed by atoms with Gasteiger partial charge in [-0.25, -0.2) is 9.13 Å². The summed E-state index contributed by atoms with van der Waals surface area (Å²) in [5, 5.41) is 10.6. The van der Waals surface area contributed by atoms with Crippen molar-refractivity contribution in [2.45, 2.75) is 394 Å². The summed E-state index contributed by atoms with van der Waals surface area (Å²) >= 11 is 0. The quantitative estimate of drug-likeness (QED) is 0.0222. The Hall–Kier alpha value is -1.94. The van der Waals surface area contributed by atoms with E-state index in [-0.39, 0.29) is 25.7 Å². The van der Waals surface area contributed by atoms with Crippen LogP contribution >= 0.6 is 15.6 Å². The van der Waals surface area contributed by atoms with Crippen LogP contribution in [0.3, 0.4) is 0 Å². The Kier molecular flexibility index (Phi) is 63.7. The number of esters is 4. The molecule has 5 atom stereocenters. The van der Waals surface area contributed by atoms with Crippen LogP contribution < -0.4 is 0 Å². The van der Waals surface area contributed by atoms with Crippen LogP contribution in [0.4, 0.5) is 0 Å². The molecular formula is C73H142O17P2. The SMILES string of the molecule is CCCCCCCCCCCCCCCCCCC(=O)OC[C@H](COP(=O)(O)OC[C@@H](O)COP(=O)(O)OC[C@@H](COC(=O)CCCCCCCCC(C)C)OC(=O)CCCCCCCCCCC(C)C)OC(=O)CCCCCCCCCCCCCCCCCC. The summed E-state index contributed by atoms with van der Waals surface area (Å²) < 4.78 is 68.4. The molecular weight excluding hydrogens is 1210 g/mol. The zero-order valence-corrected chi connectivity index (χ0v) is 61.6. The summed E-state index contributed by atoms with van der Waals surface area (Å²) in [6, 6.07) is 0. The molecule has 0 amide bonds. The van der Waals surface area contributed by atoms with E-state index in [1.54, 1.807) is 0 Å². The third kappa shape index (κ3) is 66.7. The molecule has 0 aromatic rings. The lowest BCUT2D eigenvalue weighted by Crippen LogP contribution is -2.30. The number of unbranched alkanes of at least 4 members (excludes halogenated alkanes) is 42. The molecule has 17 nitrogen and oxygen atoms in total. The summed E-state index contributed by atoms with van der Waals surface area (Å²) in [4.78, 5) is 72.6. The number of hydrogen-bond acceptors (Lipinski definition) is 15. The van der Waals surface area contributed by atoms with Crippen molar-refractivity contribution in [1.29, 1.82) is 0 Å². The van der Waals surface area contributed by atoms with Gasteiger partial charge in [0.25, 0.3) is 0 Å². The van der Waals surface area contributed by atoms with Crippen LogP contribution in [0.1, 0.15) is 375 Å². The summed E-state index contributed by atoms with van der Waals surface area (Å²) in [6.45, 7) is 9.45. The molecule has 0 aliphatic heterocycles. The van der Waals surface area contributed by atoms with Crippen molar-refractivity contribution < 1.29 is 80.2 Å². The standard InChI is InChI=1S/C73H142O17P2/c1-7-9-11-13-15-17-19-21-23-25-27-29-31-36-43-49-55-70(75)83-61-68(89-72(77)57-51-45-37-32-30-28-26-24-22-20-18-16-14-12-10-8-2)63-87-91(79,80)85-59-67(74)60-86-92(81,82)88-64-69(62-84-71(76)56-50-44-40-39-42-48-54-66(5)6)90-73(78)58-52-46-38-34-33-35-41-47-53-65(3)4/h65-69,74H,7-64H2,1-6H3,(H,79,80)(H,81,82)/t67-,68-,69-/m1/s1. The lowest BCUT2D eigenvalue weighted by atomic mass is 10.0. The summed E-state index contributed by atoms with van der Waals surface area (Å²) in [6.07, 6.45) is 51.5. The number of carbonyl (C=O) groups excluding carboxylic acids is 4. The van der Waals surface area contributed by atoms with Gasteiger partial charge in [-0.3, -0.25) is 37.3 Å². The highest BCUT2D eigenvalue weighted by Gasteiger charge is 2.30. The van der Waals surface area contributed by atoms with Crippen LogP contribution in [-0.4, -0.2) is 96.7 Å². The van der Waals surface area contributed by atoms with E-state index in [0.717, 1.165) is 102 Å². The van der Waals surface area contributed by atoms with Crippen molar-refractivity contribution in [3.63, 3.8) is 0 Å². The number of carbonyl (C=O) groups is 4. The number of phosphoric acid groups is 2. The van der Waals surface area contributed by atoms with Gasteiger partial charge in [-0.05, 0) is 37.5 Å². The van der Waals surface area contributed by atoms with Crippen LogP contribution in [0.25, 0.3) is 0 Å². The largest absolute Gasteiger partial charge is 0.472 e. The first kappa shape index (κ1) is 90.1. The number of rotatable bonds is 72. The molecule has 0 saturated carbocycles. The molecule has 2 unspecified atom stereocenters. The lowest BCUT2D eigenvalue weighted by molar-refractivity contribution is -0.161. The molecule has 0 spiro atoms. The first-order chi connectivity index (χ1) is 44.4. The number of aliphatic hydroxyl groups is 1. The average Bonchev–Trinajstić information content (AvgIpc) is 3.13. The van der Waals surface area contributed by atoms with E-state index in [2.05, 4.69) is 41.5 Å². The Morgan fingerprint density at radius 1 is 0.293 bits per heavy atom. The zero-order chi connectivity index (χ0) is 67.9. The van der Waals surface area contributed by atoms with Gasteiger partial charge in [0.15, 0.2) is 12.2 Å². The minimum atomic E-state index is -4.95. The van der Waals surface area contributed by atoms with E-state index in [1.807, 2.05) is 0 Å². The lowest BCUT2D eigenvalue weighted by Gasteiger charge is -2.21. The normalized spacial score (nSPS) is 14.1. The monoisotopic (exact) mass is 1350 g/mol. The zero-order valence-electron chi connectivity index (χ0n) is 59.9. The van der Waals surface area contributed by atoms with Crippen molar-refractivity contribution in [3.8, 4) is 0 Å². The second kappa shape index (κ2) is 65.0. The maximum atomic E-state index is 13.1. The van der Waals surface area contributed by atoms with Gasteiger partial charge in [-0.2, -0.15) is 0 Å². The Morgan fingerprint density at radius 2 is 0.500 bits per heavy atom. The second-order valence-electron chi connectivity index (χ2n) is 27.3. The van der Waals surface area contributed by atoms with Gasteiger partial charge in [0.1, 0.15) is 19.3 Å². The minimum absolute atomic E-state index is 0.104. The molecule has 0 bridgehead atoms. The van der Waals surface area contributed by atoms with Crippen molar-refractivity contribution in [2.24, 2.45) is 11.8 Å². The topological polar surface area (TPSA) is 237 Å². The highest BCUT2D eigenvalue weighted by Crippen LogP contribution is 2.45. The average molecular weight is 1350 g/mol. The fraction of sp³-hybridized carbons (Fsp3) is 0.945. The van der Waals surface area contributed by atoms with Crippen LogP contribution in [-0.2, 0) is 65.4 Å². The molecule has 3 N–H and O–H groups in total. The Bertz CT molecular complexity index is 1790. The van der Waals surface area contributed by atoms with Crippen LogP contribution in [0.2, 0.25) is 0 Å². The van der Waals surface area contributed by atoms with Gasteiger partial charge in [0.05, 0.1) is 26.4 Å². The molecule has 19 heteroatoms. The van der Waals surface area contributed by atoms with E-state index in [1.165, 1.54) is 186 Å². The third-order valence-electron chi connectivity index (χ3n) is 17.0. The molecule has 546 valence electrons. The van der Waals surface area contributed by atoms with E-state index in [9.17, 15) is 43.2 Å². The van der Waals surface area contributed by atoms with Crippen LogP contribution in [0.5, 0.6) is 0 Å². The van der Waals surface area contributed by atoms with Gasteiger partial charge >= 0.3 is 39.5 Å². The third-order valence-corrected chi connectivity index (χ3v) is 18.9. The van der Waals surface area contributed by atoms with Crippen molar-refractivity contribution in [3.05, 3.63) is 0 Å². The second-order valence-corrected chi connectivity index (χ2v) is 30.2. The fourth-order valence-electron chi connectivity index (χ4n) is 11.1. The van der Waals surface area contributed by atoms with E-state index in [4.69, 9.17) is 37.0 Å². The number of hydrogen-bond donors (Lipinski definition) is 3. The predicted molar refractivity (Wildman–Crippen MR) is 372 cm³/mol. The first-order valence-electron chi connectivity index (χ1n) is 38.0.